The van der Waals surface area contributed by atoms with Crippen LogP contribution >= 0.6 is 0 Å². The number of aliphatic imine (C=N–C) groups is 1. The van der Waals surface area contributed by atoms with Crippen LogP contribution in [0.4, 0.5) is 0 Å². The van der Waals surface area contributed by atoms with Gasteiger partial charge < -0.3 is 20.1 Å². The highest BCUT2D eigenvalue weighted by molar-refractivity contribution is 5.79. The molecule has 1 aromatic heterocycles. The Hall–Kier alpha value is -2.70. The molecule has 0 aliphatic carbocycles. The lowest BCUT2D eigenvalue weighted by molar-refractivity contribution is 0.353. The van der Waals surface area contributed by atoms with Crippen molar-refractivity contribution in [2.75, 3.05) is 34.4 Å². The Bertz CT molecular complexity index is 726. The number of hydrogen-bond donors (Lipinski definition) is 2. The minimum absolute atomic E-state index is 0.105. The molecule has 0 unspecified atom stereocenters. The van der Waals surface area contributed by atoms with Crippen molar-refractivity contribution in [2.24, 2.45) is 4.99 Å². The van der Waals surface area contributed by atoms with Gasteiger partial charge in [-0.05, 0) is 30.2 Å². The maximum atomic E-state index is 5.43. The lowest BCUT2D eigenvalue weighted by Crippen LogP contribution is -2.43. The van der Waals surface area contributed by atoms with Crippen molar-refractivity contribution in [1.82, 2.24) is 20.4 Å². The van der Waals surface area contributed by atoms with Crippen LogP contribution in [-0.2, 0) is 12.0 Å². The van der Waals surface area contributed by atoms with Crippen LogP contribution in [0.3, 0.4) is 0 Å². The van der Waals surface area contributed by atoms with Gasteiger partial charge in [-0.1, -0.05) is 19.9 Å². The van der Waals surface area contributed by atoms with Gasteiger partial charge in [0.2, 0.25) is 0 Å². The zero-order valence-corrected chi connectivity index (χ0v) is 17.0. The fraction of sp³-hybridized carbons (Fsp3) is 0.500. The van der Waals surface area contributed by atoms with Gasteiger partial charge in [0.1, 0.15) is 0 Å². The molecule has 0 saturated heterocycles. The van der Waals surface area contributed by atoms with E-state index in [1.165, 1.54) is 5.56 Å². The largest absolute Gasteiger partial charge is 0.493 e. The second kappa shape index (κ2) is 9.85. The van der Waals surface area contributed by atoms with Crippen LogP contribution < -0.4 is 20.1 Å². The fourth-order valence-electron chi connectivity index (χ4n) is 2.77. The van der Waals surface area contributed by atoms with Crippen molar-refractivity contribution in [3.63, 3.8) is 0 Å². The molecule has 0 aliphatic rings. The summed E-state index contributed by atoms with van der Waals surface area (Å²) in [7, 11) is 5.08. The normalized spacial score (nSPS) is 12.0. The average molecular weight is 374 g/mol. The van der Waals surface area contributed by atoms with Crippen molar-refractivity contribution in [2.45, 2.75) is 32.2 Å². The number of ether oxygens (including phenoxy) is 2. The zero-order valence-electron chi connectivity index (χ0n) is 17.0. The summed E-state index contributed by atoms with van der Waals surface area (Å²) in [6.45, 7) is 6.82. The lowest BCUT2D eigenvalue weighted by Gasteiger charge is -2.27. The molecule has 0 radical (unpaired) electrons. The van der Waals surface area contributed by atoms with Crippen molar-refractivity contribution >= 4 is 5.96 Å². The van der Waals surface area contributed by atoms with E-state index in [1.807, 2.05) is 29.1 Å². The summed E-state index contributed by atoms with van der Waals surface area (Å²) in [6, 6.07) is 7.98. The summed E-state index contributed by atoms with van der Waals surface area (Å²) in [4.78, 5) is 4.31. The summed E-state index contributed by atoms with van der Waals surface area (Å²) in [5, 5.41) is 11.0. The highest BCUT2D eigenvalue weighted by Gasteiger charge is 2.22. The number of guanidine groups is 1. The number of benzene rings is 1. The van der Waals surface area contributed by atoms with Crippen LogP contribution in [-0.4, -0.2) is 50.1 Å². The summed E-state index contributed by atoms with van der Waals surface area (Å²) >= 11 is 0. The topological polar surface area (TPSA) is 72.7 Å². The van der Waals surface area contributed by atoms with E-state index in [4.69, 9.17) is 9.47 Å². The molecule has 27 heavy (non-hydrogen) atoms. The van der Waals surface area contributed by atoms with E-state index in [0.29, 0.717) is 0 Å². The molecule has 0 bridgehead atoms. The molecule has 0 saturated carbocycles. The second-order valence-corrected chi connectivity index (χ2v) is 6.93. The molecule has 2 rings (SSSR count). The first-order chi connectivity index (χ1) is 13.0. The van der Waals surface area contributed by atoms with Gasteiger partial charge in [0.25, 0.3) is 0 Å². The van der Waals surface area contributed by atoms with Crippen molar-refractivity contribution in [3.8, 4) is 11.5 Å². The van der Waals surface area contributed by atoms with Gasteiger partial charge in [-0.25, -0.2) is 0 Å². The third-order valence-electron chi connectivity index (χ3n) is 4.50. The molecule has 148 valence electrons. The minimum Gasteiger partial charge on any atom is -0.493 e. The first-order valence-corrected chi connectivity index (χ1v) is 9.14. The number of rotatable bonds is 9. The molecular formula is C20H31N5O2. The summed E-state index contributed by atoms with van der Waals surface area (Å²) in [6.07, 6.45) is 4.74. The molecule has 0 fully saturated rings. The third-order valence-corrected chi connectivity index (χ3v) is 4.50. The van der Waals surface area contributed by atoms with Gasteiger partial charge >= 0.3 is 0 Å². The SMILES string of the molecule is CN=C(NCCCn1cccn1)NCC(C)(C)c1ccc(OC)c(OC)c1. The van der Waals surface area contributed by atoms with Crippen LogP contribution in [0.1, 0.15) is 25.8 Å². The first-order valence-electron chi connectivity index (χ1n) is 9.14. The van der Waals surface area contributed by atoms with Crippen molar-refractivity contribution < 1.29 is 9.47 Å². The molecule has 1 heterocycles. The maximum absolute atomic E-state index is 5.43. The van der Waals surface area contributed by atoms with Crippen molar-refractivity contribution in [3.05, 3.63) is 42.2 Å². The smallest absolute Gasteiger partial charge is 0.191 e. The second-order valence-electron chi connectivity index (χ2n) is 6.93. The Morgan fingerprint density at radius 2 is 1.96 bits per heavy atom. The predicted octanol–water partition coefficient (Wildman–Crippen LogP) is 2.43. The predicted molar refractivity (Wildman–Crippen MR) is 109 cm³/mol. The lowest BCUT2D eigenvalue weighted by atomic mass is 9.84. The van der Waals surface area contributed by atoms with E-state index < -0.39 is 0 Å². The third kappa shape index (κ3) is 5.91. The Balaban J connectivity index is 1.86. The Kier molecular flexibility index (Phi) is 7.52. The molecule has 2 N–H and O–H groups in total. The number of aryl methyl sites for hydroxylation is 1. The molecule has 0 amide bonds. The summed E-state index contributed by atoms with van der Waals surface area (Å²) in [5.74, 6) is 2.27. The Labute approximate surface area is 161 Å². The van der Waals surface area contributed by atoms with Gasteiger partial charge in [-0.15, -0.1) is 0 Å². The van der Waals surface area contributed by atoms with Gasteiger partial charge in [0, 0.05) is 44.5 Å². The van der Waals surface area contributed by atoms with Crippen LogP contribution in [0, 0.1) is 0 Å². The van der Waals surface area contributed by atoms with Crippen LogP contribution in [0.5, 0.6) is 11.5 Å². The number of nitrogens with one attached hydrogen (secondary N) is 2. The van der Waals surface area contributed by atoms with E-state index in [-0.39, 0.29) is 5.41 Å². The molecule has 0 atom stereocenters. The van der Waals surface area contributed by atoms with Crippen LogP contribution in [0.25, 0.3) is 0 Å². The molecule has 2 aromatic rings. The average Bonchev–Trinajstić information content (AvgIpc) is 3.20. The molecule has 1 aromatic carbocycles. The first kappa shape index (κ1) is 20.6. The maximum Gasteiger partial charge on any atom is 0.191 e. The Morgan fingerprint density at radius 3 is 2.59 bits per heavy atom. The van der Waals surface area contributed by atoms with E-state index in [0.717, 1.165) is 43.5 Å². The zero-order chi connectivity index (χ0) is 19.7. The number of hydrogen-bond acceptors (Lipinski definition) is 4. The molecule has 7 heteroatoms. The van der Waals surface area contributed by atoms with Crippen molar-refractivity contribution in [1.29, 1.82) is 0 Å². The summed E-state index contributed by atoms with van der Waals surface area (Å²) < 4.78 is 12.7. The Morgan fingerprint density at radius 1 is 1.19 bits per heavy atom. The fourth-order valence-corrected chi connectivity index (χ4v) is 2.77. The van der Waals surface area contributed by atoms with E-state index in [1.54, 1.807) is 27.5 Å². The van der Waals surface area contributed by atoms with Gasteiger partial charge in [0.15, 0.2) is 17.5 Å². The van der Waals surface area contributed by atoms with E-state index >= 15 is 0 Å². The monoisotopic (exact) mass is 373 g/mol. The van der Waals surface area contributed by atoms with E-state index in [9.17, 15) is 0 Å². The van der Waals surface area contributed by atoms with Gasteiger partial charge in [-0.2, -0.15) is 5.10 Å². The van der Waals surface area contributed by atoms with Gasteiger partial charge in [-0.3, -0.25) is 9.67 Å². The number of aromatic nitrogens is 2. The molecular weight excluding hydrogens is 342 g/mol. The highest BCUT2D eigenvalue weighted by Crippen LogP contribution is 2.32. The van der Waals surface area contributed by atoms with E-state index in [2.05, 4.69) is 40.6 Å². The quantitative estimate of drug-likeness (QED) is 0.401. The van der Waals surface area contributed by atoms with Crippen LogP contribution in [0.15, 0.2) is 41.7 Å². The molecule has 7 nitrogen and oxygen atoms in total. The van der Waals surface area contributed by atoms with Gasteiger partial charge in [0.05, 0.1) is 14.2 Å². The standard InChI is InChI=1S/C20H31N5O2/c1-20(2,16-8-9-17(26-4)18(14-16)27-5)15-23-19(21-3)22-10-6-12-25-13-7-11-24-25/h7-9,11,13-14H,6,10,12,15H2,1-5H3,(H2,21,22,23). The number of methoxy groups -OCH3 is 2. The molecule has 0 spiro atoms. The molecule has 0 aliphatic heterocycles. The highest BCUT2D eigenvalue weighted by atomic mass is 16.5. The van der Waals surface area contributed by atoms with Crippen LogP contribution in [0.2, 0.25) is 0 Å². The summed E-state index contributed by atoms with van der Waals surface area (Å²) in [5.41, 5.74) is 1.06. The minimum atomic E-state index is -0.105. The number of nitrogens with zero attached hydrogens (tertiary/aromatic N) is 3.